The first-order valence-electron chi connectivity index (χ1n) is 6.71. The summed E-state index contributed by atoms with van der Waals surface area (Å²) in [7, 11) is 0. The van der Waals surface area contributed by atoms with Gasteiger partial charge in [0.25, 0.3) is 0 Å². The molecule has 1 aliphatic rings. The summed E-state index contributed by atoms with van der Waals surface area (Å²) in [6.45, 7) is 5.66. The van der Waals surface area contributed by atoms with Gasteiger partial charge in [0.05, 0.1) is 6.42 Å². The number of aliphatic carboxylic acids is 1. The van der Waals surface area contributed by atoms with Gasteiger partial charge in [0.2, 0.25) is 5.91 Å². The van der Waals surface area contributed by atoms with E-state index in [0.717, 1.165) is 32.4 Å². The average Bonchev–Trinajstić information content (AvgIpc) is 2.29. The second-order valence-corrected chi connectivity index (χ2v) is 5.37. The number of rotatable bonds is 6. The molecule has 0 aromatic rings. The number of amides is 1. The minimum atomic E-state index is -0.857. The fraction of sp³-hybridized carbons (Fsp3) is 0.846. The maximum absolute atomic E-state index is 12.3. The van der Waals surface area contributed by atoms with Crippen LogP contribution < -0.4 is 10.6 Å². The van der Waals surface area contributed by atoms with Crippen molar-refractivity contribution in [2.45, 2.75) is 52.0 Å². The van der Waals surface area contributed by atoms with Gasteiger partial charge in [0, 0.05) is 11.5 Å². The topological polar surface area (TPSA) is 78.4 Å². The highest BCUT2D eigenvalue weighted by Gasteiger charge is 2.35. The summed E-state index contributed by atoms with van der Waals surface area (Å²) in [5.41, 5.74) is -0.351. The van der Waals surface area contributed by atoms with Crippen LogP contribution in [0.3, 0.4) is 0 Å². The number of piperidine rings is 1. The maximum atomic E-state index is 12.3. The zero-order valence-electron chi connectivity index (χ0n) is 11.3. The van der Waals surface area contributed by atoms with E-state index in [-0.39, 0.29) is 23.8 Å². The Morgan fingerprint density at radius 2 is 2.00 bits per heavy atom. The first-order chi connectivity index (χ1) is 8.48. The lowest BCUT2D eigenvalue weighted by atomic mass is 9.80. The van der Waals surface area contributed by atoms with Gasteiger partial charge in [-0.05, 0) is 32.4 Å². The van der Waals surface area contributed by atoms with E-state index in [1.54, 1.807) is 0 Å². The van der Waals surface area contributed by atoms with Crippen molar-refractivity contribution in [1.29, 1.82) is 0 Å². The van der Waals surface area contributed by atoms with Gasteiger partial charge < -0.3 is 15.7 Å². The molecule has 0 aromatic heterocycles. The van der Waals surface area contributed by atoms with Gasteiger partial charge >= 0.3 is 5.97 Å². The zero-order valence-corrected chi connectivity index (χ0v) is 11.3. The second kappa shape index (κ2) is 6.73. The lowest BCUT2D eigenvalue weighted by Crippen LogP contribution is -2.49. The number of carbonyl (C=O) groups excluding carboxylic acids is 1. The number of carboxylic acid groups (broad SMARTS) is 1. The molecule has 104 valence electrons. The van der Waals surface area contributed by atoms with Gasteiger partial charge in [-0.3, -0.25) is 9.59 Å². The molecular formula is C13H24N2O3. The maximum Gasteiger partial charge on any atom is 0.305 e. The Bertz CT molecular complexity index is 299. The zero-order chi connectivity index (χ0) is 13.6. The van der Waals surface area contributed by atoms with Gasteiger partial charge in [0.1, 0.15) is 0 Å². The molecule has 1 aliphatic heterocycles. The van der Waals surface area contributed by atoms with E-state index in [4.69, 9.17) is 5.11 Å². The van der Waals surface area contributed by atoms with Crippen LogP contribution in [0.4, 0.5) is 0 Å². The van der Waals surface area contributed by atoms with Crippen molar-refractivity contribution in [3.8, 4) is 0 Å². The summed E-state index contributed by atoms with van der Waals surface area (Å²) in [4.78, 5) is 23.0. The predicted molar refractivity (Wildman–Crippen MR) is 69.3 cm³/mol. The van der Waals surface area contributed by atoms with Crippen LogP contribution in [0.2, 0.25) is 0 Å². The Hall–Kier alpha value is -1.10. The number of nitrogens with one attached hydrogen (secondary N) is 2. The number of carboxylic acids is 1. The summed E-state index contributed by atoms with van der Waals surface area (Å²) in [5, 5.41) is 15.0. The molecule has 0 aromatic carbocycles. The molecule has 1 unspecified atom stereocenters. The van der Waals surface area contributed by atoms with Crippen molar-refractivity contribution in [3.63, 3.8) is 0 Å². The van der Waals surface area contributed by atoms with Crippen molar-refractivity contribution < 1.29 is 14.7 Å². The Labute approximate surface area is 108 Å². The van der Waals surface area contributed by atoms with Crippen LogP contribution in [-0.2, 0) is 9.59 Å². The molecule has 1 amide bonds. The smallest absolute Gasteiger partial charge is 0.305 e. The molecule has 0 bridgehead atoms. The third-order valence-corrected chi connectivity index (χ3v) is 3.65. The lowest BCUT2D eigenvalue weighted by molar-refractivity contribution is -0.138. The minimum absolute atomic E-state index is 0.00343. The Kier molecular flexibility index (Phi) is 5.59. The Balaban J connectivity index is 2.56. The number of hydrogen-bond donors (Lipinski definition) is 3. The molecule has 1 heterocycles. The summed E-state index contributed by atoms with van der Waals surface area (Å²) in [6, 6.07) is -0.244. The normalized spacial score (nSPS) is 20.1. The van der Waals surface area contributed by atoms with E-state index < -0.39 is 5.97 Å². The molecular weight excluding hydrogens is 232 g/mol. The standard InChI is InChI=1S/C13H24N2O3/c1-3-4-10(9-11(16)17)15-12(18)13(2)5-7-14-8-6-13/h10,14H,3-9H2,1-2H3,(H,15,18)(H,16,17). The summed E-state index contributed by atoms with van der Waals surface area (Å²) < 4.78 is 0. The quantitative estimate of drug-likeness (QED) is 0.666. The van der Waals surface area contributed by atoms with Crippen molar-refractivity contribution in [2.24, 2.45) is 5.41 Å². The van der Waals surface area contributed by atoms with Crippen LogP contribution in [0, 0.1) is 5.41 Å². The molecule has 0 aliphatic carbocycles. The minimum Gasteiger partial charge on any atom is -0.481 e. The van der Waals surface area contributed by atoms with Crippen molar-refractivity contribution in [3.05, 3.63) is 0 Å². The van der Waals surface area contributed by atoms with E-state index in [9.17, 15) is 9.59 Å². The Morgan fingerprint density at radius 3 is 2.50 bits per heavy atom. The van der Waals surface area contributed by atoms with Gasteiger partial charge in [-0.1, -0.05) is 20.3 Å². The van der Waals surface area contributed by atoms with Crippen LogP contribution in [0.25, 0.3) is 0 Å². The van der Waals surface area contributed by atoms with Crippen molar-refractivity contribution in [1.82, 2.24) is 10.6 Å². The summed E-state index contributed by atoms with van der Waals surface area (Å²) >= 11 is 0. The summed E-state index contributed by atoms with van der Waals surface area (Å²) in [5.74, 6) is -0.854. The van der Waals surface area contributed by atoms with E-state index in [2.05, 4.69) is 10.6 Å². The van der Waals surface area contributed by atoms with Crippen LogP contribution in [0.1, 0.15) is 46.0 Å². The van der Waals surface area contributed by atoms with E-state index >= 15 is 0 Å². The van der Waals surface area contributed by atoms with E-state index in [0.29, 0.717) is 6.42 Å². The summed E-state index contributed by atoms with van der Waals surface area (Å²) in [6.07, 6.45) is 3.21. The van der Waals surface area contributed by atoms with Crippen LogP contribution >= 0.6 is 0 Å². The largest absolute Gasteiger partial charge is 0.481 e. The molecule has 18 heavy (non-hydrogen) atoms. The lowest BCUT2D eigenvalue weighted by Gasteiger charge is -2.34. The number of hydrogen-bond acceptors (Lipinski definition) is 3. The van der Waals surface area contributed by atoms with Gasteiger partial charge in [-0.25, -0.2) is 0 Å². The third kappa shape index (κ3) is 4.29. The second-order valence-electron chi connectivity index (χ2n) is 5.37. The highest BCUT2D eigenvalue weighted by atomic mass is 16.4. The number of carbonyl (C=O) groups is 2. The Morgan fingerprint density at radius 1 is 1.39 bits per heavy atom. The van der Waals surface area contributed by atoms with Crippen molar-refractivity contribution >= 4 is 11.9 Å². The molecule has 5 nitrogen and oxygen atoms in total. The van der Waals surface area contributed by atoms with E-state index in [1.165, 1.54) is 0 Å². The highest BCUT2D eigenvalue weighted by molar-refractivity contribution is 5.83. The third-order valence-electron chi connectivity index (χ3n) is 3.65. The molecule has 5 heteroatoms. The first-order valence-corrected chi connectivity index (χ1v) is 6.71. The predicted octanol–water partition coefficient (Wildman–Crippen LogP) is 1.14. The SMILES string of the molecule is CCCC(CC(=O)O)NC(=O)C1(C)CCNCC1. The molecule has 1 fully saturated rings. The monoisotopic (exact) mass is 256 g/mol. The molecule has 3 N–H and O–H groups in total. The molecule has 1 rings (SSSR count). The first kappa shape index (κ1) is 15.0. The average molecular weight is 256 g/mol. The highest BCUT2D eigenvalue weighted by Crippen LogP contribution is 2.28. The van der Waals surface area contributed by atoms with Gasteiger partial charge in [-0.2, -0.15) is 0 Å². The molecule has 0 saturated carbocycles. The van der Waals surface area contributed by atoms with Crippen LogP contribution in [0.5, 0.6) is 0 Å². The van der Waals surface area contributed by atoms with Crippen LogP contribution in [-0.4, -0.2) is 36.1 Å². The van der Waals surface area contributed by atoms with Gasteiger partial charge in [-0.15, -0.1) is 0 Å². The van der Waals surface area contributed by atoms with Crippen molar-refractivity contribution in [2.75, 3.05) is 13.1 Å². The van der Waals surface area contributed by atoms with E-state index in [1.807, 2.05) is 13.8 Å². The van der Waals surface area contributed by atoms with Crippen LogP contribution in [0.15, 0.2) is 0 Å². The molecule has 0 radical (unpaired) electrons. The fourth-order valence-corrected chi connectivity index (χ4v) is 2.35. The molecule has 1 atom stereocenters. The molecule has 1 saturated heterocycles. The molecule has 0 spiro atoms. The fourth-order valence-electron chi connectivity index (χ4n) is 2.35. The van der Waals surface area contributed by atoms with Gasteiger partial charge in [0.15, 0.2) is 0 Å².